The topological polar surface area (TPSA) is 186 Å². The Balaban J connectivity index is 0.990. The number of carbonyl (C=O) groups is 3. The number of benzene rings is 1. The third-order valence-electron chi connectivity index (χ3n) is 9.19. The van der Waals surface area contributed by atoms with Crippen molar-refractivity contribution in [1.82, 2.24) is 45.2 Å². The molecule has 0 spiro atoms. The molecule has 5 heterocycles. The molecule has 1 aromatic carbocycles. The zero-order chi connectivity index (χ0) is 35.3. The van der Waals surface area contributed by atoms with E-state index in [1.807, 2.05) is 0 Å². The molecule has 1 aliphatic carbocycles. The number of amides is 4. The summed E-state index contributed by atoms with van der Waals surface area (Å²) < 4.78 is 44.2. The number of urea groups is 1. The van der Waals surface area contributed by atoms with Gasteiger partial charge in [0, 0.05) is 68.2 Å². The molecule has 15 nitrogen and oxygen atoms in total. The minimum atomic E-state index is -4.85. The zero-order valence-electron chi connectivity index (χ0n) is 26.3. The van der Waals surface area contributed by atoms with Gasteiger partial charge in [-0.15, -0.1) is 0 Å². The largest absolute Gasteiger partial charge is 0.761 e. The smallest absolute Gasteiger partial charge is 0.435 e. The minimum absolute atomic E-state index is 0.0263. The van der Waals surface area contributed by atoms with E-state index in [4.69, 9.17) is 11.6 Å². The molecule has 0 bridgehead atoms. The maximum Gasteiger partial charge on any atom is 0.435 e. The molecule has 4 amide bonds. The van der Waals surface area contributed by atoms with Gasteiger partial charge >= 0.3 is 12.2 Å². The van der Waals surface area contributed by atoms with Gasteiger partial charge in [-0.1, -0.05) is 11.6 Å². The second-order valence-electron chi connectivity index (χ2n) is 12.4. The first kappa shape index (κ1) is 33.3. The summed E-state index contributed by atoms with van der Waals surface area (Å²) in [5, 5.41) is 26.4. The normalized spacial score (nSPS) is 21.1. The Bertz CT molecular complexity index is 1950. The number of rotatable bonds is 8. The molecule has 262 valence electrons. The monoisotopic (exact) mass is 712 g/mol. The zero-order valence-corrected chi connectivity index (χ0v) is 27.0. The summed E-state index contributed by atoms with van der Waals surface area (Å²) in [5.41, 5.74) is 0.561. The number of hydrogen-bond acceptors (Lipinski definition) is 9. The molecule has 3 aromatic heterocycles. The van der Waals surface area contributed by atoms with Crippen LogP contribution in [0.4, 0.5) is 29.3 Å². The second-order valence-corrected chi connectivity index (χ2v) is 12.8. The lowest BCUT2D eigenvalue weighted by Crippen LogP contribution is -2.46. The van der Waals surface area contributed by atoms with Crippen LogP contribution in [0.5, 0.6) is 0 Å². The van der Waals surface area contributed by atoms with Crippen molar-refractivity contribution in [3.8, 4) is 17.1 Å². The molecule has 50 heavy (non-hydrogen) atoms. The molecule has 5 N–H and O–H groups in total. The second kappa shape index (κ2) is 12.9. The van der Waals surface area contributed by atoms with E-state index in [2.05, 4.69) is 36.3 Å². The van der Waals surface area contributed by atoms with Gasteiger partial charge in [-0.05, 0) is 43.3 Å². The number of pyridine rings is 1. The number of hydrogen-bond donors (Lipinski definition) is 5. The minimum Gasteiger partial charge on any atom is -0.761 e. The average molecular weight is 713 g/mol. The number of alkyl halides is 3. The van der Waals surface area contributed by atoms with E-state index in [0.29, 0.717) is 13.1 Å². The maximum atomic E-state index is 14.0. The summed E-state index contributed by atoms with van der Waals surface area (Å²) in [6, 6.07) is 6.96. The predicted molar refractivity (Wildman–Crippen MR) is 175 cm³/mol. The molecule has 1 saturated carbocycles. The van der Waals surface area contributed by atoms with E-state index in [9.17, 15) is 32.8 Å². The van der Waals surface area contributed by atoms with Gasteiger partial charge < -0.3 is 41.4 Å². The molecule has 2 saturated heterocycles. The Morgan fingerprint density at radius 2 is 1.78 bits per heavy atom. The van der Waals surface area contributed by atoms with Crippen molar-refractivity contribution in [1.29, 1.82) is 0 Å². The first-order chi connectivity index (χ1) is 23.9. The Kier molecular flexibility index (Phi) is 8.61. The van der Waals surface area contributed by atoms with Crippen molar-refractivity contribution >= 4 is 40.8 Å². The van der Waals surface area contributed by atoms with E-state index in [1.54, 1.807) is 10.4 Å². The van der Waals surface area contributed by atoms with Crippen LogP contribution >= 0.6 is 11.6 Å². The summed E-state index contributed by atoms with van der Waals surface area (Å²) in [5.74, 6) is -0.969. The van der Waals surface area contributed by atoms with Crippen molar-refractivity contribution < 1.29 is 27.6 Å². The van der Waals surface area contributed by atoms with Crippen LogP contribution < -0.4 is 26.7 Å². The van der Waals surface area contributed by atoms with Crippen molar-refractivity contribution in [2.24, 2.45) is 18.9 Å². The highest BCUT2D eigenvalue weighted by Gasteiger charge is 2.57. The van der Waals surface area contributed by atoms with Gasteiger partial charge in [0.1, 0.15) is 0 Å². The molecule has 4 aromatic rings. The lowest BCUT2D eigenvalue weighted by molar-refractivity contribution is -0.140. The number of halogens is 4. The first-order valence-corrected chi connectivity index (χ1v) is 16.0. The van der Waals surface area contributed by atoms with Crippen LogP contribution in [0.25, 0.3) is 17.1 Å². The van der Waals surface area contributed by atoms with Crippen molar-refractivity contribution in [2.45, 2.75) is 24.7 Å². The van der Waals surface area contributed by atoms with Crippen LogP contribution in [0.15, 0.2) is 48.9 Å². The lowest BCUT2D eigenvalue weighted by atomic mass is 10.2. The molecular formula is C31H30ClF3N11O4-. The van der Waals surface area contributed by atoms with Gasteiger partial charge in [-0.3, -0.25) is 9.59 Å². The Hall–Kier alpha value is -5.20. The molecular weight excluding hydrogens is 683 g/mol. The van der Waals surface area contributed by atoms with E-state index in [1.165, 1.54) is 41.9 Å². The number of aromatic nitrogens is 5. The summed E-state index contributed by atoms with van der Waals surface area (Å²) in [7, 11) is 1.38. The fourth-order valence-electron chi connectivity index (χ4n) is 6.48. The van der Waals surface area contributed by atoms with Gasteiger partial charge in [0.15, 0.2) is 17.3 Å². The van der Waals surface area contributed by atoms with Crippen molar-refractivity contribution in [3.63, 3.8) is 0 Å². The van der Waals surface area contributed by atoms with Crippen LogP contribution in [0.2, 0.25) is 5.02 Å². The third-order valence-corrected chi connectivity index (χ3v) is 9.50. The van der Waals surface area contributed by atoms with Crippen molar-refractivity contribution in [2.75, 3.05) is 37.0 Å². The molecule has 3 atom stereocenters. The van der Waals surface area contributed by atoms with E-state index < -0.39 is 17.8 Å². The Morgan fingerprint density at radius 3 is 2.42 bits per heavy atom. The molecule has 0 radical (unpaired) electrons. The summed E-state index contributed by atoms with van der Waals surface area (Å²) in [6.45, 7) is 2.76. The number of nitrogens with one attached hydrogen (secondary N) is 5. The number of piperidine rings is 1. The van der Waals surface area contributed by atoms with E-state index >= 15 is 0 Å². The summed E-state index contributed by atoms with van der Waals surface area (Å²) >= 11 is 6.43. The van der Waals surface area contributed by atoms with E-state index in [0.717, 1.165) is 42.8 Å². The number of likely N-dealkylation sites (tertiary alicyclic amines) is 1. The SMILES string of the molecule is Cn1c(-c2cn(-c3ccc(N[O-])cn3)nc2C(F)(F)F)cnc1C(=O)Nc1ccc(C(=O)NC2C3CN(C(=O)NC4CCNC4)CC32)c(Cl)c1. The van der Waals surface area contributed by atoms with Gasteiger partial charge in [-0.2, -0.15) is 18.3 Å². The van der Waals surface area contributed by atoms with Gasteiger partial charge in [0.25, 0.3) is 11.8 Å². The van der Waals surface area contributed by atoms with E-state index in [-0.39, 0.29) is 80.7 Å². The molecule has 2 aliphatic heterocycles. The molecule has 7 rings (SSSR count). The summed E-state index contributed by atoms with van der Waals surface area (Å²) in [6.07, 6.45) is -0.573. The third kappa shape index (κ3) is 6.44. The quantitative estimate of drug-likeness (QED) is 0.171. The number of fused-ring (bicyclic) bond motifs is 1. The summed E-state index contributed by atoms with van der Waals surface area (Å²) in [4.78, 5) is 48.6. The van der Waals surface area contributed by atoms with Gasteiger partial charge in [0.05, 0.1) is 34.2 Å². The predicted octanol–water partition coefficient (Wildman–Crippen LogP) is 3.23. The number of anilines is 2. The van der Waals surface area contributed by atoms with Crippen LogP contribution in [0.3, 0.4) is 0 Å². The number of carbonyl (C=O) groups excluding carboxylic acids is 3. The van der Waals surface area contributed by atoms with Crippen LogP contribution in [-0.2, 0) is 13.2 Å². The molecule has 3 fully saturated rings. The fraction of sp³-hybridized carbons (Fsp3) is 0.355. The van der Waals surface area contributed by atoms with Gasteiger partial charge in [-0.25, -0.2) is 19.4 Å². The average Bonchev–Trinajstić information content (AvgIpc) is 3.71. The Labute approximate surface area is 287 Å². The highest BCUT2D eigenvalue weighted by Crippen LogP contribution is 2.45. The molecule has 3 aliphatic rings. The van der Waals surface area contributed by atoms with Gasteiger partial charge in [0.2, 0.25) is 0 Å². The standard InChI is InChI=1S/C31H30ClF3N11O4/c1-44-23(21-14-46(42-26(21)31(33,34)35)24-5-3-17(43-50)10-37-24)11-38-27(44)29(48)39-15-2-4-18(22(32)8-15)28(47)41-25-19-12-45(13-20(19)25)30(49)40-16-6-7-36-9-16/h2-5,8,10-11,14,16,19-20,25,36,43H,6-7,9,12-13H2,1H3,(H,39,48)(H,40,49)(H,41,47)/q-1. The number of imidazole rings is 1. The molecule has 19 heteroatoms. The Morgan fingerprint density at radius 1 is 1.02 bits per heavy atom. The van der Waals surface area contributed by atoms with Crippen LogP contribution in [0.1, 0.15) is 33.1 Å². The van der Waals surface area contributed by atoms with Crippen LogP contribution in [0, 0.1) is 17.0 Å². The lowest BCUT2D eigenvalue weighted by Gasteiger charge is -2.23. The highest BCUT2D eigenvalue weighted by molar-refractivity contribution is 6.34. The van der Waals surface area contributed by atoms with Crippen LogP contribution in [-0.4, -0.2) is 85.3 Å². The molecule has 3 unspecified atom stereocenters. The fourth-order valence-corrected chi connectivity index (χ4v) is 6.75. The highest BCUT2D eigenvalue weighted by atomic mass is 35.5. The van der Waals surface area contributed by atoms with Crippen molar-refractivity contribution in [3.05, 3.63) is 76.2 Å². The first-order valence-electron chi connectivity index (χ1n) is 15.6. The number of nitrogens with zero attached hydrogens (tertiary/aromatic N) is 6. The maximum absolute atomic E-state index is 14.0.